The number of fused-ring (bicyclic) bond motifs is 1. The molecule has 0 aliphatic carbocycles. The summed E-state index contributed by atoms with van der Waals surface area (Å²) in [5.41, 5.74) is 9.09. The van der Waals surface area contributed by atoms with Crippen LogP contribution in [0.2, 0.25) is 0 Å². The van der Waals surface area contributed by atoms with E-state index < -0.39 is 0 Å². The first-order valence-corrected chi connectivity index (χ1v) is 9.68. The van der Waals surface area contributed by atoms with Gasteiger partial charge in [0.25, 0.3) is 0 Å². The third-order valence-electron chi connectivity index (χ3n) is 4.51. The third kappa shape index (κ3) is 2.91. The van der Waals surface area contributed by atoms with E-state index in [4.69, 9.17) is 9.84 Å². The predicted octanol–water partition coefficient (Wildman–Crippen LogP) is 4.41. The Balaban J connectivity index is 1.57. The summed E-state index contributed by atoms with van der Waals surface area (Å²) in [7, 11) is 1.66. The lowest BCUT2D eigenvalue weighted by molar-refractivity contribution is 0.415. The number of hydrazone groups is 1. The maximum atomic E-state index is 5.28. The highest BCUT2D eigenvalue weighted by molar-refractivity contribution is 7.16. The van der Waals surface area contributed by atoms with Gasteiger partial charge < -0.3 is 4.74 Å². The van der Waals surface area contributed by atoms with Crippen molar-refractivity contribution >= 4 is 38.8 Å². The zero-order valence-electron chi connectivity index (χ0n) is 15.1. The van der Waals surface area contributed by atoms with Crippen molar-refractivity contribution in [1.29, 1.82) is 0 Å². The number of hydrogen-bond acceptors (Lipinski definition) is 7. The molecule has 0 unspecified atom stereocenters. The number of amidine groups is 1. The van der Waals surface area contributed by atoms with Gasteiger partial charge in [-0.1, -0.05) is 30.3 Å². The van der Waals surface area contributed by atoms with Crippen LogP contribution in [0.5, 0.6) is 5.75 Å². The SMILES string of the molecule is COc1ccc(N2NC(c3ccccc3)=NN2c2ccc3scnc3c2)cc1. The number of hydrazine groups is 2. The van der Waals surface area contributed by atoms with Gasteiger partial charge in [-0.3, -0.25) is 5.43 Å². The summed E-state index contributed by atoms with van der Waals surface area (Å²) in [6.07, 6.45) is 0. The topological polar surface area (TPSA) is 53.0 Å². The van der Waals surface area contributed by atoms with E-state index in [0.717, 1.165) is 38.7 Å². The molecule has 3 aromatic carbocycles. The largest absolute Gasteiger partial charge is 0.497 e. The van der Waals surface area contributed by atoms with E-state index in [-0.39, 0.29) is 0 Å². The van der Waals surface area contributed by atoms with Crippen molar-refractivity contribution in [1.82, 2.24) is 10.4 Å². The Morgan fingerprint density at radius 3 is 2.50 bits per heavy atom. The summed E-state index contributed by atoms with van der Waals surface area (Å²) in [6, 6.07) is 24.1. The van der Waals surface area contributed by atoms with Crippen LogP contribution in [0.1, 0.15) is 5.56 Å². The first-order chi connectivity index (χ1) is 13.8. The molecule has 0 radical (unpaired) electrons. The van der Waals surface area contributed by atoms with Gasteiger partial charge in [0.15, 0.2) is 5.84 Å². The van der Waals surface area contributed by atoms with Gasteiger partial charge in [0.1, 0.15) is 5.75 Å². The molecular formula is C21H17N5OS. The van der Waals surface area contributed by atoms with Crippen LogP contribution in [0.3, 0.4) is 0 Å². The van der Waals surface area contributed by atoms with Crippen LogP contribution < -0.4 is 20.4 Å². The fraction of sp³-hybridized carbons (Fsp3) is 0.0476. The highest BCUT2D eigenvalue weighted by atomic mass is 32.1. The van der Waals surface area contributed by atoms with E-state index in [1.165, 1.54) is 0 Å². The summed E-state index contributed by atoms with van der Waals surface area (Å²) < 4.78 is 6.44. The summed E-state index contributed by atoms with van der Waals surface area (Å²) in [4.78, 5) is 4.44. The molecule has 1 aliphatic heterocycles. The third-order valence-corrected chi connectivity index (χ3v) is 5.32. The second-order valence-corrected chi connectivity index (χ2v) is 7.12. The molecule has 0 fully saturated rings. The molecule has 1 N–H and O–H groups in total. The Bertz CT molecular complexity index is 1140. The van der Waals surface area contributed by atoms with E-state index >= 15 is 0 Å². The molecule has 0 amide bonds. The molecular weight excluding hydrogens is 370 g/mol. The predicted molar refractivity (Wildman–Crippen MR) is 114 cm³/mol. The molecule has 0 saturated heterocycles. The van der Waals surface area contributed by atoms with E-state index in [1.54, 1.807) is 18.4 Å². The summed E-state index contributed by atoms with van der Waals surface area (Å²) in [6.45, 7) is 0. The molecule has 6 nitrogen and oxygen atoms in total. The second-order valence-electron chi connectivity index (χ2n) is 6.23. The van der Waals surface area contributed by atoms with Gasteiger partial charge in [-0.2, -0.15) is 10.2 Å². The van der Waals surface area contributed by atoms with Gasteiger partial charge in [-0.25, -0.2) is 4.98 Å². The number of anilines is 2. The molecule has 4 aromatic rings. The lowest BCUT2D eigenvalue weighted by atomic mass is 10.2. The van der Waals surface area contributed by atoms with Crippen molar-refractivity contribution in [3.63, 3.8) is 0 Å². The minimum atomic E-state index is 0.773. The highest BCUT2D eigenvalue weighted by Crippen LogP contribution is 2.30. The van der Waals surface area contributed by atoms with E-state index in [1.807, 2.05) is 76.4 Å². The number of thiazole rings is 1. The van der Waals surface area contributed by atoms with Crippen molar-refractivity contribution in [2.45, 2.75) is 0 Å². The number of hydrogen-bond donors (Lipinski definition) is 1. The average molecular weight is 387 g/mol. The summed E-state index contributed by atoms with van der Waals surface area (Å²) in [5.74, 6) is 1.58. The van der Waals surface area contributed by atoms with Crippen LogP contribution in [-0.4, -0.2) is 17.9 Å². The van der Waals surface area contributed by atoms with Gasteiger partial charge in [-0.15, -0.1) is 16.4 Å². The molecule has 1 aromatic heterocycles. The second kappa shape index (κ2) is 6.86. The standard InChI is InChI=1S/C21H17N5OS/c1-27-18-10-7-16(8-11-18)25-23-21(15-5-3-2-4-6-15)24-26(25)17-9-12-20-19(13-17)22-14-28-20/h2-14H,1H3,(H,23,24). The van der Waals surface area contributed by atoms with E-state index in [2.05, 4.69) is 22.5 Å². The average Bonchev–Trinajstić information content (AvgIpc) is 3.41. The smallest absolute Gasteiger partial charge is 0.176 e. The molecule has 7 heteroatoms. The number of benzene rings is 3. The number of rotatable bonds is 4. The first kappa shape index (κ1) is 16.6. The zero-order valence-corrected chi connectivity index (χ0v) is 15.9. The van der Waals surface area contributed by atoms with Crippen LogP contribution in [0.25, 0.3) is 10.2 Å². The summed E-state index contributed by atoms with van der Waals surface area (Å²) in [5, 5.41) is 8.59. The van der Waals surface area contributed by atoms with Crippen molar-refractivity contribution in [2.75, 3.05) is 17.3 Å². The maximum absolute atomic E-state index is 5.28. The Morgan fingerprint density at radius 1 is 0.929 bits per heavy atom. The number of nitrogens with zero attached hydrogens (tertiary/aromatic N) is 4. The Hall–Kier alpha value is -3.58. The van der Waals surface area contributed by atoms with Crippen LogP contribution in [0.15, 0.2) is 83.4 Å². The van der Waals surface area contributed by atoms with Gasteiger partial charge in [0, 0.05) is 5.56 Å². The minimum absolute atomic E-state index is 0.773. The number of nitrogens with one attached hydrogen (secondary N) is 1. The molecule has 0 saturated carbocycles. The van der Waals surface area contributed by atoms with Gasteiger partial charge >= 0.3 is 0 Å². The van der Waals surface area contributed by atoms with Crippen molar-refractivity contribution in [3.05, 3.63) is 83.9 Å². The minimum Gasteiger partial charge on any atom is -0.497 e. The lowest BCUT2D eigenvalue weighted by Crippen LogP contribution is -2.44. The molecule has 28 heavy (non-hydrogen) atoms. The fourth-order valence-electron chi connectivity index (χ4n) is 3.07. The summed E-state index contributed by atoms with van der Waals surface area (Å²) >= 11 is 1.63. The molecule has 5 rings (SSSR count). The van der Waals surface area contributed by atoms with Gasteiger partial charge in [-0.05, 0) is 42.5 Å². The monoisotopic (exact) mass is 387 g/mol. The Morgan fingerprint density at radius 2 is 1.71 bits per heavy atom. The molecule has 138 valence electrons. The lowest BCUT2D eigenvalue weighted by Gasteiger charge is -2.28. The molecule has 1 aliphatic rings. The molecule has 0 atom stereocenters. The van der Waals surface area contributed by atoms with E-state index in [0.29, 0.717) is 0 Å². The molecule has 0 spiro atoms. The Labute approximate surface area is 166 Å². The Kier molecular flexibility index (Phi) is 4.06. The highest BCUT2D eigenvalue weighted by Gasteiger charge is 2.26. The van der Waals surface area contributed by atoms with E-state index in [9.17, 15) is 0 Å². The zero-order chi connectivity index (χ0) is 18.9. The van der Waals surface area contributed by atoms with Gasteiger partial charge in [0.2, 0.25) is 0 Å². The number of ether oxygens (including phenoxy) is 1. The number of methoxy groups -OCH3 is 1. The quantitative estimate of drug-likeness (QED) is 0.562. The molecule has 2 heterocycles. The number of aromatic nitrogens is 1. The maximum Gasteiger partial charge on any atom is 0.176 e. The normalized spacial score (nSPS) is 13.5. The van der Waals surface area contributed by atoms with Crippen LogP contribution in [0, 0.1) is 0 Å². The fourth-order valence-corrected chi connectivity index (χ4v) is 3.73. The van der Waals surface area contributed by atoms with Crippen LogP contribution in [0.4, 0.5) is 11.4 Å². The van der Waals surface area contributed by atoms with Crippen LogP contribution >= 0.6 is 11.3 Å². The van der Waals surface area contributed by atoms with Crippen LogP contribution in [-0.2, 0) is 0 Å². The van der Waals surface area contributed by atoms with Crippen molar-refractivity contribution < 1.29 is 4.74 Å². The molecule has 0 bridgehead atoms. The first-order valence-electron chi connectivity index (χ1n) is 8.80. The van der Waals surface area contributed by atoms with Gasteiger partial charge in [0.05, 0.1) is 34.2 Å². The van der Waals surface area contributed by atoms with Crippen molar-refractivity contribution in [2.24, 2.45) is 5.10 Å². The van der Waals surface area contributed by atoms with Crippen molar-refractivity contribution in [3.8, 4) is 5.75 Å².